The number of allylic oxidation sites excluding steroid dienone is 8. The van der Waals surface area contributed by atoms with Gasteiger partial charge in [0.2, 0.25) is 0 Å². The molecule has 0 spiro atoms. The molecule has 46 heavy (non-hydrogen) atoms. The fourth-order valence-electron chi connectivity index (χ4n) is 5.87. The minimum absolute atomic E-state index is 0.214. The van der Waals surface area contributed by atoms with Crippen molar-refractivity contribution in [1.82, 2.24) is 4.90 Å². The maximum Gasteiger partial charge on any atom is 0.154 e. The van der Waals surface area contributed by atoms with Gasteiger partial charge in [-0.3, -0.25) is 0 Å². The van der Waals surface area contributed by atoms with Crippen molar-refractivity contribution in [2.75, 3.05) is 20.6 Å². The summed E-state index contributed by atoms with van der Waals surface area (Å²) in [5, 5.41) is 10.5. The van der Waals surface area contributed by atoms with Gasteiger partial charge in [-0.05, 0) is 111 Å². The van der Waals surface area contributed by atoms with Crippen molar-refractivity contribution in [2.24, 2.45) is 0 Å². The first-order chi connectivity index (χ1) is 22.6. The summed E-state index contributed by atoms with van der Waals surface area (Å²) in [4.78, 5) is 2.18. The number of ether oxygens (including phenoxy) is 1. The Balaban J connectivity index is 4.01. The predicted molar refractivity (Wildman–Crippen MR) is 207 cm³/mol. The van der Waals surface area contributed by atoms with Crippen molar-refractivity contribution >= 4 is 0 Å². The lowest BCUT2D eigenvalue weighted by Crippen LogP contribution is -2.23. The molecule has 1 N–H and O–H groups in total. The van der Waals surface area contributed by atoms with Crippen LogP contribution in [0, 0.1) is 0 Å². The van der Waals surface area contributed by atoms with Gasteiger partial charge in [0.15, 0.2) is 6.29 Å². The van der Waals surface area contributed by atoms with E-state index in [-0.39, 0.29) is 6.10 Å². The Kier molecular flexibility index (Phi) is 37.3. The average Bonchev–Trinajstić information content (AvgIpc) is 3.04. The molecule has 0 saturated carbocycles. The van der Waals surface area contributed by atoms with Gasteiger partial charge in [0.05, 0.1) is 6.10 Å². The van der Waals surface area contributed by atoms with Gasteiger partial charge in [-0.1, -0.05) is 152 Å². The zero-order chi connectivity index (χ0) is 33.6. The first kappa shape index (κ1) is 44.8. The van der Waals surface area contributed by atoms with Gasteiger partial charge in [-0.15, -0.1) is 0 Å². The highest BCUT2D eigenvalue weighted by Crippen LogP contribution is 2.19. The van der Waals surface area contributed by atoms with E-state index < -0.39 is 6.29 Å². The third-order valence-corrected chi connectivity index (χ3v) is 8.86. The molecule has 0 aromatic heterocycles. The number of hydrogen-bond acceptors (Lipinski definition) is 3. The Morgan fingerprint density at radius 2 is 0.826 bits per heavy atom. The molecule has 0 rings (SSSR count). The molecule has 1 atom stereocenters. The molecule has 0 aliphatic heterocycles. The summed E-state index contributed by atoms with van der Waals surface area (Å²) >= 11 is 0. The summed E-state index contributed by atoms with van der Waals surface area (Å²) in [6.45, 7) is 5.53. The second kappa shape index (κ2) is 38.3. The van der Waals surface area contributed by atoms with Crippen LogP contribution in [-0.4, -0.2) is 43.0 Å². The maximum atomic E-state index is 10.5. The van der Waals surface area contributed by atoms with Crippen LogP contribution in [0.3, 0.4) is 0 Å². The molecule has 0 amide bonds. The van der Waals surface area contributed by atoms with E-state index in [1.807, 2.05) is 0 Å². The number of hydrogen-bond donors (Lipinski definition) is 1. The van der Waals surface area contributed by atoms with Crippen LogP contribution >= 0.6 is 0 Å². The highest BCUT2D eigenvalue weighted by atomic mass is 16.6. The number of nitrogens with zero attached hydrogens (tertiary/aromatic N) is 1. The maximum absolute atomic E-state index is 10.5. The molecule has 0 aliphatic carbocycles. The van der Waals surface area contributed by atoms with Crippen LogP contribution < -0.4 is 0 Å². The molecule has 3 heteroatoms. The van der Waals surface area contributed by atoms with Crippen LogP contribution in [0.15, 0.2) is 48.6 Å². The van der Waals surface area contributed by atoms with E-state index in [2.05, 4.69) is 81.5 Å². The molecule has 0 radical (unpaired) electrons. The second-order valence-electron chi connectivity index (χ2n) is 13.9. The lowest BCUT2D eigenvalue weighted by Gasteiger charge is -2.22. The molecule has 0 aliphatic rings. The number of rotatable bonds is 36. The first-order valence-corrected chi connectivity index (χ1v) is 20.2. The van der Waals surface area contributed by atoms with Gasteiger partial charge < -0.3 is 14.7 Å². The van der Waals surface area contributed by atoms with Crippen molar-refractivity contribution in [3.63, 3.8) is 0 Å². The molecule has 0 bridgehead atoms. The summed E-state index contributed by atoms with van der Waals surface area (Å²) in [5.41, 5.74) is 0. The first-order valence-electron chi connectivity index (χ1n) is 20.2. The second-order valence-corrected chi connectivity index (χ2v) is 13.9. The van der Waals surface area contributed by atoms with E-state index in [9.17, 15) is 5.11 Å². The van der Waals surface area contributed by atoms with Gasteiger partial charge >= 0.3 is 0 Å². The Hall–Kier alpha value is -1.16. The van der Waals surface area contributed by atoms with E-state index in [0.29, 0.717) is 0 Å². The molecule has 3 nitrogen and oxygen atoms in total. The zero-order valence-corrected chi connectivity index (χ0v) is 31.6. The van der Waals surface area contributed by atoms with Crippen LogP contribution in [0.5, 0.6) is 0 Å². The lowest BCUT2D eigenvalue weighted by molar-refractivity contribution is -0.144. The molecular formula is C43H81NO2. The van der Waals surface area contributed by atoms with E-state index in [1.165, 1.54) is 141 Å². The summed E-state index contributed by atoms with van der Waals surface area (Å²) in [6, 6.07) is 0. The Morgan fingerprint density at radius 3 is 1.22 bits per heavy atom. The SMILES string of the molecule is CCCCC/C=C\C/C=C\CCCCCCCCC(CCCCCCCC/C=C\C/C=C\CCCCC)O[C@@H](O)CCCN(C)C. The molecule has 0 fully saturated rings. The van der Waals surface area contributed by atoms with Gasteiger partial charge in [-0.2, -0.15) is 0 Å². The number of aliphatic hydroxyl groups is 1. The Bertz CT molecular complexity index is 647. The smallest absolute Gasteiger partial charge is 0.154 e. The van der Waals surface area contributed by atoms with Gasteiger partial charge in [0.25, 0.3) is 0 Å². The molecular weight excluding hydrogens is 562 g/mol. The molecule has 0 unspecified atom stereocenters. The van der Waals surface area contributed by atoms with E-state index in [4.69, 9.17) is 4.74 Å². The zero-order valence-electron chi connectivity index (χ0n) is 31.6. The topological polar surface area (TPSA) is 32.7 Å². The summed E-state index contributed by atoms with van der Waals surface area (Å²) in [7, 11) is 4.18. The fraction of sp³-hybridized carbons (Fsp3) is 0.814. The van der Waals surface area contributed by atoms with Gasteiger partial charge in [0, 0.05) is 0 Å². The fourth-order valence-corrected chi connectivity index (χ4v) is 5.87. The predicted octanol–water partition coefficient (Wildman–Crippen LogP) is 13.4. The lowest BCUT2D eigenvalue weighted by atomic mass is 10.0. The van der Waals surface area contributed by atoms with Crippen molar-refractivity contribution < 1.29 is 9.84 Å². The third kappa shape index (κ3) is 37.3. The van der Waals surface area contributed by atoms with Gasteiger partial charge in [0.1, 0.15) is 0 Å². The van der Waals surface area contributed by atoms with Crippen molar-refractivity contribution in [2.45, 2.75) is 206 Å². The monoisotopic (exact) mass is 644 g/mol. The highest BCUT2D eigenvalue weighted by molar-refractivity contribution is 4.93. The summed E-state index contributed by atoms with van der Waals surface area (Å²) in [5.74, 6) is 0. The third-order valence-electron chi connectivity index (χ3n) is 8.86. The van der Waals surface area contributed by atoms with Crippen LogP contribution in [0.2, 0.25) is 0 Å². The van der Waals surface area contributed by atoms with Crippen molar-refractivity contribution in [1.29, 1.82) is 0 Å². The summed E-state index contributed by atoms with van der Waals surface area (Å²) in [6.07, 6.45) is 53.0. The normalized spacial score (nSPS) is 13.3. The highest BCUT2D eigenvalue weighted by Gasteiger charge is 2.14. The van der Waals surface area contributed by atoms with E-state index in [1.54, 1.807) is 0 Å². The molecule has 0 aromatic rings. The van der Waals surface area contributed by atoms with Gasteiger partial charge in [-0.25, -0.2) is 0 Å². The van der Waals surface area contributed by atoms with Crippen LogP contribution in [0.4, 0.5) is 0 Å². The Morgan fingerprint density at radius 1 is 0.457 bits per heavy atom. The molecule has 0 aromatic carbocycles. The van der Waals surface area contributed by atoms with Crippen molar-refractivity contribution in [3.8, 4) is 0 Å². The minimum atomic E-state index is -0.612. The quantitative estimate of drug-likeness (QED) is 0.0419. The summed E-state index contributed by atoms with van der Waals surface area (Å²) < 4.78 is 6.19. The average molecular weight is 644 g/mol. The van der Waals surface area contributed by atoms with Crippen LogP contribution in [0.1, 0.15) is 194 Å². The molecule has 0 saturated heterocycles. The minimum Gasteiger partial charge on any atom is -0.368 e. The van der Waals surface area contributed by atoms with E-state index >= 15 is 0 Å². The number of aliphatic hydroxyl groups excluding tert-OH is 1. The standard InChI is InChI=1S/C43H81NO2/c1-5-7-9-11-13-15-17-19-21-23-25-27-29-31-33-35-38-42(46-43(45)40-37-41-44(3)4)39-36-34-32-30-28-26-24-22-20-18-16-14-12-10-8-6-2/h13-16,19-22,42-43,45H,5-12,17-18,23-41H2,1-4H3/b15-13-,16-14-,21-19-,22-20-/t43-/m1/s1. The number of unbranched alkanes of at least 4 members (excludes halogenated alkanes) is 18. The van der Waals surface area contributed by atoms with Crippen LogP contribution in [0.25, 0.3) is 0 Å². The molecule has 270 valence electrons. The van der Waals surface area contributed by atoms with E-state index in [0.717, 1.165) is 45.1 Å². The Labute approximate surface area is 289 Å². The van der Waals surface area contributed by atoms with Crippen molar-refractivity contribution in [3.05, 3.63) is 48.6 Å². The molecule has 0 heterocycles. The van der Waals surface area contributed by atoms with Crippen LogP contribution in [-0.2, 0) is 4.74 Å². The largest absolute Gasteiger partial charge is 0.368 e.